The molecule has 2 rings (SSSR count). The van der Waals surface area contributed by atoms with E-state index < -0.39 is 28.5 Å². The van der Waals surface area contributed by atoms with Crippen molar-refractivity contribution >= 4 is 39.1 Å². The first-order chi connectivity index (χ1) is 16.5. The Hall–Kier alpha value is -2.58. The fraction of sp³-hybridized carbons (Fsp3) is 0.462. The van der Waals surface area contributed by atoms with Crippen molar-refractivity contribution in [3.8, 4) is 0 Å². The van der Waals surface area contributed by atoms with Crippen LogP contribution in [0.15, 0.2) is 48.5 Å². The summed E-state index contributed by atoms with van der Waals surface area (Å²) in [5.74, 6) is -0.511. The predicted molar refractivity (Wildman–Crippen MR) is 142 cm³/mol. The molecule has 2 aromatic carbocycles. The standard InChI is InChI=1S/C26H36ClN3O4S/c1-6-7-16-28-26(32)20(4)29(17-22-10-8-9-11-24(22)27)25(31)18-30(35(5,33)34)23-14-12-21(13-15-23)19(2)3/h8-15,19-20H,6-7,16-18H2,1-5H3,(H,28,32). The smallest absolute Gasteiger partial charge is 0.244 e. The van der Waals surface area contributed by atoms with Crippen LogP contribution >= 0.6 is 11.6 Å². The molecule has 0 aliphatic carbocycles. The molecule has 0 fully saturated rings. The van der Waals surface area contributed by atoms with E-state index in [0.717, 1.165) is 29.0 Å². The quantitative estimate of drug-likeness (QED) is 0.415. The average Bonchev–Trinajstić information content (AvgIpc) is 2.81. The van der Waals surface area contributed by atoms with E-state index in [1.807, 2.05) is 32.9 Å². The summed E-state index contributed by atoms with van der Waals surface area (Å²) in [7, 11) is -3.76. The van der Waals surface area contributed by atoms with Crippen molar-refractivity contribution in [3.63, 3.8) is 0 Å². The number of rotatable bonds is 12. The molecule has 9 heteroatoms. The zero-order chi connectivity index (χ0) is 26.2. The number of carbonyl (C=O) groups is 2. The Morgan fingerprint density at radius 2 is 1.66 bits per heavy atom. The second-order valence-corrected chi connectivity index (χ2v) is 11.3. The number of nitrogens with zero attached hydrogens (tertiary/aromatic N) is 2. The van der Waals surface area contributed by atoms with Gasteiger partial charge in [-0.2, -0.15) is 0 Å². The SMILES string of the molecule is CCCCNC(=O)C(C)N(Cc1ccccc1Cl)C(=O)CN(c1ccc(C(C)C)cc1)S(C)(=O)=O. The minimum atomic E-state index is -3.76. The second-order valence-electron chi connectivity index (χ2n) is 8.95. The van der Waals surface area contributed by atoms with Crippen LogP contribution in [0.1, 0.15) is 57.6 Å². The van der Waals surface area contributed by atoms with Crippen LogP contribution < -0.4 is 9.62 Å². The molecule has 1 unspecified atom stereocenters. The van der Waals surface area contributed by atoms with E-state index in [9.17, 15) is 18.0 Å². The lowest BCUT2D eigenvalue weighted by atomic mass is 10.0. The summed E-state index contributed by atoms with van der Waals surface area (Å²) in [6.07, 6.45) is 2.82. The minimum Gasteiger partial charge on any atom is -0.354 e. The van der Waals surface area contributed by atoms with E-state index in [4.69, 9.17) is 11.6 Å². The normalized spacial score (nSPS) is 12.3. The Bertz CT molecular complexity index is 1100. The number of halogens is 1. The van der Waals surface area contributed by atoms with Crippen LogP contribution in [-0.4, -0.2) is 50.5 Å². The van der Waals surface area contributed by atoms with E-state index in [0.29, 0.717) is 22.8 Å². The predicted octanol–water partition coefficient (Wildman–Crippen LogP) is 4.56. The van der Waals surface area contributed by atoms with Crippen LogP contribution in [0.2, 0.25) is 5.02 Å². The van der Waals surface area contributed by atoms with Crippen LogP contribution in [0.3, 0.4) is 0 Å². The zero-order valence-corrected chi connectivity index (χ0v) is 22.7. The average molecular weight is 522 g/mol. The monoisotopic (exact) mass is 521 g/mol. The van der Waals surface area contributed by atoms with Crippen LogP contribution in [-0.2, 0) is 26.2 Å². The summed E-state index contributed by atoms with van der Waals surface area (Å²) in [5.41, 5.74) is 2.12. The molecule has 0 heterocycles. The largest absolute Gasteiger partial charge is 0.354 e. The van der Waals surface area contributed by atoms with E-state index in [1.54, 1.807) is 43.3 Å². The highest BCUT2D eigenvalue weighted by atomic mass is 35.5. The van der Waals surface area contributed by atoms with Gasteiger partial charge in [0.05, 0.1) is 11.9 Å². The molecule has 1 N–H and O–H groups in total. The van der Waals surface area contributed by atoms with Gasteiger partial charge in [0, 0.05) is 18.1 Å². The molecule has 0 bridgehead atoms. The number of sulfonamides is 1. The Morgan fingerprint density at radius 1 is 1.03 bits per heavy atom. The molecule has 2 amide bonds. The zero-order valence-electron chi connectivity index (χ0n) is 21.1. The molecule has 7 nitrogen and oxygen atoms in total. The molecule has 0 saturated heterocycles. The Morgan fingerprint density at radius 3 is 2.20 bits per heavy atom. The van der Waals surface area contributed by atoms with Crippen molar-refractivity contribution in [1.29, 1.82) is 0 Å². The molecule has 0 spiro atoms. The second kappa shape index (κ2) is 12.9. The molecule has 0 saturated carbocycles. The molecule has 0 radical (unpaired) electrons. The third-order valence-electron chi connectivity index (χ3n) is 5.82. The molecular weight excluding hydrogens is 486 g/mol. The fourth-order valence-corrected chi connectivity index (χ4v) is 4.61. The van der Waals surface area contributed by atoms with Crippen molar-refractivity contribution in [2.75, 3.05) is 23.7 Å². The van der Waals surface area contributed by atoms with Gasteiger partial charge in [0.1, 0.15) is 12.6 Å². The first-order valence-corrected chi connectivity index (χ1v) is 14.1. The summed E-state index contributed by atoms with van der Waals surface area (Å²) in [6, 6.07) is 13.4. The van der Waals surface area contributed by atoms with Gasteiger partial charge in [-0.3, -0.25) is 13.9 Å². The van der Waals surface area contributed by atoms with Crippen molar-refractivity contribution in [3.05, 3.63) is 64.7 Å². The maximum atomic E-state index is 13.5. The summed E-state index contributed by atoms with van der Waals surface area (Å²) < 4.78 is 26.4. The number of amides is 2. The first-order valence-electron chi connectivity index (χ1n) is 11.8. The molecule has 0 aromatic heterocycles. The van der Waals surface area contributed by atoms with Crippen LogP contribution in [0.4, 0.5) is 5.69 Å². The van der Waals surface area contributed by atoms with Crippen molar-refractivity contribution in [2.45, 2.75) is 59.0 Å². The highest BCUT2D eigenvalue weighted by Gasteiger charge is 2.30. The van der Waals surface area contributed by atoms with Gasteiger partial charge in [-0.1, -0.05) is 69.1 Å². The number of hydrogen-bond donors (Lipinski definition) is 1. The Kier molecular flexibility index (Phi) is 10.6. The molecule has 1 atom stereocenters. The number of carbonyl (C=O) groups excluding carboxylic acids is 2. The number of benzene rings is 2. The van der Waals surface area contributed by atoms with E-state index in [-0.39, 0.29) is 18.4 Å². The van der Waals surface area contributed by atoms with E-state index in [2.05, 4.69) is 5.32 Å². The maximum Gasteiger partial charge on any atom is 0.244 e. The lowest BCUT2D eigenvalue weighted by Crippen LogP contribution is -2.51. The minimum absolute atomic E-state index is 0.0742. The van der Waals surface area contributed by atoms with Gasteiger partial charge in [-0.05, 0) is 48.6 Å². The highest BCUT2D eigenvalue weighted by Crippen LogP contribution is 2.23. The van der Waals surface area contributed by atoms with Gasteiger partial charge in [0.25, 0.3) is 0 Å². The van der Waals surface area contributed by atoms with Gasteiger partial charge in [0.2, 0.25) is 21.8 Å². The summed E-state index contributed by atoms with van der Waals surface area (Å²) in [6.45, 7) is 7.90. The number of nitrogens with one attached hydrogen (secondary N) is 1. The summed E-state index contributed by atoms with van der Waals surface area (Å²) in [4.78, 5) is 27.7. The number of anilines is 1. The molecular formula is C26H36ClN3O4S. The molecule has 0 aliphatic heterocycles. The van der Waals surface area contributed by atoms with Crippen molar-refractivity contribution in [1.82, 2.24) is 10.2 Å². The number of hydrogen-bond acceptors (Lipinski definition) is 4. The van der Waals surface area contributed by atoms with Crippen LogP contribution in [0.5, 0.6) is 0 Å². The first kappa shape index (κ1) is 28.7. The van der Waals surface area contributed by atoms with E-state index in [1.165, 1.54) is 4.90 Å². The number of unbranched alkanes of at least 4 members (excludes halogenated alkanes) is 1. The van der Waals surface area contributed by atoms with E-state index >= 15 is 0 Å². The summed E-state index contributed by atoms with van der Waals surface area (Å²) >= 11 is 6.33. The molecule has 35 heavy (non-hydrogen) atoms. The third kappa shape index (κ3) is 8.25. The third-order valence-corrected chi connectivity index (χ3v) is 7.33. The molecule has 192 valence electrons. The highest BCUT2D eigenvalue weighted by molar-refractivity contribution is 7.92. The lowest BCUT2D eigenvalue weighted by Gasteiger charge is -2.31. The Balaban J connectivity index is 2.36. The Labute approximate surface area is 214 Å². The molecule has 0 aliphatic rings. The lowest BCUT2D eigenvalue weighted by molar-refractivity contribution is -0.139. The maximum absolute atomic E-state index is 13.5. The fourth-order valence-electron chi connectivity index (χ4n) is 3.57. The summed E-state index contributed by atoms with van der Waals surface area (Å²) in [5, 5.41) is 3.32. The van der Waals surface area contributed by atoms with Gasteiger partial charge < -0.3 is 10.2 Å². The van der Waals surface area contributed by atoms with Gasteiger partial charge in [-0.25, -0.2) is 8.42 Å². The van der Waals surface area contributed by atoms with Gasteiger partial charge in [-0.15, -0.1) is 0 Å². The topological polar surface area (TPSA) is 86.8 Å². The van der Waals surface area contributed by atoms with Crippen LogP contribution in [0.25, 0.3) is 0 Å². The van der Waals surface area contributed by atoms with Crippen molar-refractivity contribution in [2.24, 2.45) is 0 Å². The van der Waals surface area contributed by atoms with Gasteiger partial charge >= 0.3 is 0 Å². The van der Waals surface area contributed by atoms with Crippen molar-refractivity contribution < 1.29 is 18.0 Å². The van der Waals surface area contributed by atoms with Crippen LogP contribution in [0, 0.1) is 0 Å². The van der Waals surface area contributed by atoms with Gasteiger partial charge in [0.15, 0.2) is 0 Å². The molecule has 2 aromatic rings.